The van der Waals surface area contributed by atoms with E-state index in [1.807, 2.05) is 30.3 Å². The molecule has 4 aromatic rings. The van der Waals surface area contributed by atoms with E-state index in [1.165, 1.54) is 6.07 Å². The maximum Gasteiger partial charge on any atom is 0.329 e. The fourth-order valence-electron chi connectivity index (χ4n) is 2.94. The molecular weight excluding hydrogens is 304 g/mol. The van der Waals surface area contributed by atoms with Crippen molar-refractivity contribution in [2.75, 3.05) is 0 Å². The number of benzene rings is 3. The SMILES string of the molecule is O=[N+]([O-])c1c(Cl)cc2ccc3[nH]c4ccccc4c3c2c1O. The van der Waals surface area contributed by atoms with Crippen LogP contribution < -0.4 is 0 Å². The van der Waals surface area contributed by atoms with Crippen LogP contribution in [0.25, 0.3) is 32.6 Å². The minimum Gasteiger partial charge on any atom is -0.502 e. The molecule has 0 fully saturated rings. The maximum absolute atomic E-state index is 11.2. The molecule has 108 valence electrons. The van der Waals surface area contributed by atoms with Gasteiger partial charge in [0.25, 0.3) is 0 Å². The number of aromatic amines is 1. The van der Waals surface area contributed by atoms with Gasteiger partial charge in [0.05, 0.1) is 4.92 Å². The summed E-state index contributed by atoms with van der Waals surface area (Å²) in [4.78, 5) is 13.8. The number of rotatable bonds is 1. The number of aromatic nitrogens is 1. The third kappa shape index (κ3) is 1.60. The number of nitro groups is 1. The minimum atomic E-state index is -0.662. The monoisotopic (exact) mass is 312 g/mol. The first-order valence-electron chi connectivity index (χ1n) is 6.57. The number of aromatic hydroxyl groups is 1. The van der Waals surface area contributed by atoms with Gasteiger partial charge in [0.2, 0.25) is 5.75 Å². The van der Waals surface area contributed by atoms with Crippen molar-refractivity contribution in [2.45, 2.75) is 0 Å². The highest BCUT2D eigenvalue weighted by molar-refractivity contribution is 6.35. The second kappa shape index (κ2) is 4.35. The van der Waals surface area contributed by atoms with Gasteiger partial charge in [-0.3, -0.25) is 10.1 Å². The molecule has 0 bridgehead atoms. The maximum atomic E-state index is 11.2. The highest BCUT2D eigenvalue weighted by Gasteiger charge is 2.24. The number of para-hydroxylation sites is 1. The van der Waals surface area contributed by atoms with Gasteiger partial charge >= 0.3 is 5.69 Å². The first-order valence-corrected chi connectivity index (χ1v) is 6.94. The molecule has 4 rings (SSSR count). The van der Waals surface area contributed by atoms with Crippen molar-refractivity contribution in [1.29, 1.82) is 0 Å². The van der Waals surface area contributed by atoms with E-state index in [-0.39, 0.29) is 5.02 Å². The summed E-state index contributed by atoms with van der Waals surface area (Å²) in [6.07, 6.45) is 0. The molecule has 0 atom stereocenters. The van der Waals surface area contributed by atoms with Crippen molar-refractivity contribution >= 4 is 49.9 Å². The fourth-order valence-corrected chi connectivity index (χ4v) is 3.22. The van der Waals surface area contributed by atoms with E-state index in [1.54, 1.807) is 6.07 Å². The summed E-state index contributed by atoms with van der Waals surface area (Å²) in [5.74, 6) is -0.400. The van der Waals surface area contributed by atoms with Crippen molar-refractivity contribution < 1.29 is 10.0 Å². The Kier molecular flexibility index (Phi) is 2.55. The van der Waals surface area contributed by atoms with Gasteiger partial charge in [0.1, 0.15) is 5.02 Å². The normalized spacial score (nSPS) is 11.5. The Hall–Kier alpha value is -2.79. The topological polar surface area (TPSA) is 79.2 Å². The molecule has 6 heteroatoms. The second-order valence-electron chi connectivity index (χ2n) is 5.07. The van der Waals surface area contributed by atoms with E-state index in [4.69, 9.17) is 11.6 Å². The Balaban J connectivity index is 2.32. The molecule has 0 aliphatic heterocycles. The first-order chi connectivity index (χ1) is 10.6. The zero-order valence-corrected chi connectivity index (χ0v) is 11.9. The predicted octanol–water partition coefficient (Wildman–Crippen LogP) is 4.74. The highest BCUT2D eigenvalue weighted by Crippen LogP contribution is 2.44. The number of nitrogens with one attached hydrogen (secondary N) is 1. The lowest BCUT2D eigenvalue weighted by Gasteiger charge is -2.06. The molecular formula is C16H9ClN2O3. The Bertz CT molecular complexity index is 1090. The molecule has 0 amide bonds. The van der Waals surface area contributed by atoms with Gasteiger partial charge in [0, 0.05) is 27.2 Å². The van der Waals surface area contributed by atoms with Gasteiger partial charge in [-0.15, -0.1) is 0 Å². The molecule has 0 aliphatic rings. The van der Waals surface area contributed by atoms with Gasteiger partial charge < -0.3 is 10.1 Å². The number of nitrogens with zero attached hydrogens (tertiary/aromatic N) is 1. The van der Waals surface area contributed by atoms with Crippen molar-refractivity contribution in [3.63, 3.8) is 0 Å². The summed E-state index contributed by atoms with van der Waals surface area (Å²) in [6, 6.07) is 12.8. The molecule has 0 saturated heterocycles. The van der Waals surface area contributed by atoms with Crippen LogP contribution >= 0.6 is 11.6 Å². The van der Waals surface area contributed by atoms with Crippen molar-refractivity contribution in [3.8, 4) is 5.75 Å². The quantitative estimate of drug-likeness (QED) is 0.393. The zero-order valence-electron chi connectivity index (χ0n) is 11.1. The highest BCUT2D eigenvalue weighted by atomic mass is 35.5. The van der Waals surface area contributed by atoms with Crippen molar-refractivity contribution in [2.24, 2.45) is 0 Å². The predicted molar refractivity (Wildman–Crippen MR) is 86.6 cm³/mol. The van der Waals surface area contributed by atoms with Gasteiger partial charge in [-0.1, -0.05) is 35.9 Å². The lowest BCUT2D eigenvalue weighted by molar-refractivity contribution is -0.385. The molecule has 0 spiro atoms. The first kappa shape index (κ1) is 12.9. The number of hydrogen-bond donors (Lipinski definition) is 2. The molecule has 3 aromatic carbocycles. The van der Waals surface area contributed by atoms with E-state index in [9.17, 15) is 15.2 Å². The van der Waals surface area contributed by atoms with Crippen LogP contribution in [0, 0.1) is 10.1 Å². The molecule has 2 N–H and O–H groups in total. The van der Waals surface area contributed by atoms with Gasteiger partial charge in [0.15, 0.2) is 0 Å². The summed E-state index contributed by atoms with van der Waals surface area (Å²) in [5, 5.41) is 24.3. The standard InChI is InChI=1S/C16H9ClN2O3/c17-10-7-8-5-6-12-14(9-3-1-2-4-11(9)18-12)13(8)16(20)15(10)19(21)22/h1-7,18,20H. The largest absolute Gasteiger partial charge is 0.502 e. The van der Waals surface area contributed by atoms with E-state index in [0.717, 1.165) is 21.8 Å². The molecule has 0 aliphatic carbocycles. The van der Waals surface area contributed by atoms with Crippen LogP contribution in [-0.4, -0.2) is 15.0 Å². The number of fused-ring (bicyclic) bond motifs is 5. The number of phenols is 1. The third-order valence-corrected chi connectivity index (χ3v) is 4.14. The molecule has 0 radical (unpaired) electrons. The van der Waals surface area contributed by atoms with E-state index in [0.29, 0.717) is 10.8 Å². The summed E-state index contributed by atoms with van der Waals surface area (Å²) in [5.41, 5.74) is 1.24. The molecule has 1 aromatic heterocycles. The molecule has 0 unspecified atom stereocenters. The fraction of sp³-hybridized carbons (Fsp3) is 0. The minimum absolute atomic E-state index is 0.0748. The van der Waals surface area contributed by atoms with E-state index < -0.39 is 16.4 Å². The number of phenolic OH excluding ortho intramolecular Hbond substituents is 1. The Morgan fingerprint density at radius 3 is 2.64 bits per heavy atom. The summed E-state index contributed by atoms with van der Waals surface area (Å²) in [7, 11) is 0. The number of H-pyrrole nitrogens is 1. The lowest BCUT2D eigenvalue weighted by atomic mass is 10.0. The van der Waals surface area contributed by atoms with E-state index in [2.05, 4.69) is 4.98 Å². The summed E-state index contributed by atoms with van der Waals surface area (Å²) >= 11 is 5.94. The molecule has 1 heterocycles. The third-order valence-electron chi connectivity index (χ3n) is 3.86. The smallest absolute Gasteiger partial charge is 0.329 e. The number of nitro benzene ring substituents is 1. The number of hydrogen-bond acceptors (Lipinski definition) is 3. The zero-order chi connectivity index (χ0) is 15.4. The van der Waals surface area contributed by atoms with Crippen LogP contribution in [0.5, 0.6) is 5.75 Å². The molecule has 5 nitrogen and oxygen atoms in total. The summed E-state index contributed by atoms with van der Waals surface area (Å²) in [6.45, 7) is 0. The summed E-state index contributed by atoms with van der Waals surface area (Å²) < 4.78 is 0. The van der Waals surface area contributed by atoms with Crippen LogP contribution in [0.4, 0.5) is 5.69 Å². The molecule has 22 heavy (non-hydrogen) atoms. The Morgan fingerprint density at radius 1 is 1.09 bits per heavy atom. The Labute approximate surface area is 128 Å². The van der Waals surface area contributed by atoms with Gasteiger partial charge in [-0.2, -0.15) is 0 Å². The van der Waals surface area contributed by atoms with Crippen LogP contribution in [-0.2, 0) is 0 Å². The second-order valence-corrected chi connectivity index (χ2v) is 5.48. The van der Waals surface area contributed by atoms with Gasteiger partial charge in [-0.05, 0) is 23.6 Å². The van der Waals surface area contributed by atoms with Crippen LogP contribution in [0.3, 0.4) is 0 Å². The molecule has 0 saturated carbocycles. The van der Waals surface area contributed by atoms with E-state index >= 15 is 0 Å². The average molecular weight is 313 g/mol. The average Bonchev–Trinajstić information content (AvgIpc) is 2.85. The van der Waals surface area contributed by atoms with Crippen molar-refractivity contribution in [3.05, 3.63) is 57.6 Å². The van der Waals surface area contributed by atoms with Gasteiger partial charge in [-0.25, -0.2) is 0 Å². The lowest BCUT2D eigenvalue weighted by Crippen LogP contribution is -1.91. The Morgan fingerprint density at radius 2 is 1.86 bits per heavy atom. The van der Waals surface area contributed by atoms with Crippen LogP contribution in [0.1, 0.15) is 0 Å². The van der Waals surface area contributed by atoms with Crippen LogP contribution in [0.15, 0.2) is 42.5 Å². The van der Waals surface area contributed by atoms with Crippen molar-refractivity contribution in [1.82, 2.24) is 4.98 Å². The number of halogens is 1. The van der Waals surface area contributed by atoms with Crippen LogP contribution in [0.2, 0.25) is 5.02 Å².